The molecule has 8 nitrogen and oxygen atoms in total. The maximum atomic E-state index is 11.9. The average Bonchev–Trinajstić information content (AvgIpc) is 2.62. The quantitative estimate of drug-likeness (QED) is 0.601. The van der Waals surface area contributed by atoms with Crippen molar-refractivity contribution in [2.45, 2.75) is 25.3 Å². The van der Waals surface area contributed by atoms with E-state index >= 15 is 0 Å². The van der Waals surface area contributed by atoms with Gasteiger partial charge in [-0.3, -0.25) is 4.79 Å². The Kier molecular flexibility index (Phi) is 6.07. The summed E-state index contributed by atoms with van der Waals surface area (Å²) in [7, 11) is 0. The molecule has 3 amide bonds. The number of hydrogen-bond acceptors (Lipinski definition) is 4. The third-order valence-corrected chi connectivity index (χ3v) is 2.78. The zero-order chi connectivity index (χ0) is 14.3. The van der Waals surface area contributed by atoms with Crippen LogP contribution in [-0.4, -0.2) is 60.3 Å². The summed E-state index contributed by atoms with van der Waals surface area (Å²) in [4.78, 5) is 35.0. The third-order valence-electron chi connectivity index (χ3n) is 2.78. The van der Waals surface area contributed by atoms with Crippen LogP contribution in [0.4, 0.5) is 4.79 Å². The van der Waals surface area contributed by atoms with Crippen molar-refractivity contribution in [3.05, 3.63) is 0 Å². The molecule has 108 valence electrons. The first kappa shape index (κ1) is 15.2. The zero-order valence-corrected chi connectivity index (χ0v) is 10.6. The van der Waals surface area contributed by atoms with E-state index in [1.54, 1.807) is 0 Å². The SMILES string of the molecule is NC(=O)CC[C@H](NC(=O)N1CCCOCC1)C(=O)O. The number of primary amides is 1. The predicted octanol–water partition coefficient (Wildman–Crippen LogP) is -0.863. The van der Waals surface area contributed by atoms with Crippen molar-refractivity contribution < 1.29 is 24.2 Å². The normalized spacial score (nSPS) is 17.4. The number of nitrogens with two attached hydrogens (primary N) is 1. The molecule has 1 heterocycles. The number of amides is 3. The topological polar surface area (TPSA) is 122 Å². The van der Waals surface area contributed by atoms with Gasteiger partial charge in [-0.25, -0.2) is 9.59 Å². The van der Waals surface area contributed by atoms with E-state index in [-0.39, 0.29) is 12.8 Å². The number of carboxylic acid groups (broad SMARTS) is 1. The summed E-state index contributed by atoms with van der Waals surface area (Å²) in [6, 6.07) is -1.56. The van der Waals surface area contributed by atoms with Crippen LogP contribution >= 0.6 is 0 Å². The van der Waals surface area contributed by atoms with Gasteiger partial charge >= 0.3 is 12.0 Å². The highest BCUT2D eigenvalue weighted by atomic mass is 16.5. The van der Waals surface area contributed by atoms with E-state index in [0.29, 0.717) is 32.7 Å². The number of carbonyl (C=O) groups excluding carboxylic acids is 2. The lowest BCUT2D eigenvalue weighted by Crippen LogP contribution is -2.48. The second-order valence-corrected chi connectivity index (χ2v) is 4.30. The number of carboxylic acids is 1. The summed E-state index contributed by atoms with van der Waals surface area (Å²) < 4.78 is 5.21. The van der Waals surface area contributed by atoms with Crippen LogP contribution in [0.15, 0.2) is 0 Å². The maximum absolute atomic E-state index is 11.9. The number of nitrogens with zero attached hydrogens (tertiary/aromatic N) is 1. The fourth-order valence-corrected chi connectivity index (χ4v) is 1.73. The minimum absolute atomic E-state index is 0.0131. The van der Waals surface area contributed by atoms with E-state index in [4.69, 9.17) is 15.6 Å². The van der Waals surface area contributed by atoms with Gasteiger partial charge in [0.05, 0.1) is 6.61 Å². The van der Waals surface area contributed by atoms with Crippen molar-refractivity contribution in [2.75, 3.05) is 26.3 Å². The fourth-order valence-electron chi connectivity index (χ4n) is 1.73. The molecule has 19 heavy (non-hydrogen) atoms. The van der Waals surface area contributed by atoms with Crippen LogP contribution in [0.5, 0.6) is 0 Å². The van der Waals surface area contributed by atoms with Crippen molar-refractivity contribution in [1.29, 1.82) is 0 Å². The Bertz CT molecular complexity index is 339. The number of aliphatic carboxylic acids is 1. The van der Waals surface area contributed by atoms with Crippen LogP contribution in [0.25, 0.3) is 0 Å². The Morgan fingerprint density at radius 3 is 2.68 bits per heavy atom. The van der Waals surface area contributed by atoms with E-state index in [1.807, 2.05) is 0 Å². The van der Waals surface area contributed by atoms with Gasteiger partial charge in [-0.1, -0.05) is 0 Å². The second-order valence-electron chi connectivity index (χ2n) is 4.30. The molecule has 8 heteroatoms. The van der Waals surface area contributed by atoms with Gasteiger partial charge in [0.15, 0.2) is 0 Å². The Morgan fingerprint density at radius 2 is 2.05 bits per heavy atom. The first-order valence-corrected chi connectivity index (χ1v) is 6.15. The fraction of sp³-hybridized carbons (Fsp3) is 0.727. The number of ether oxygens (including phenoxy) is 1. The van der Waals surface area contributed by atoms with E-state index < -0.39 is 23.9 Å². The number of rotatable bonds is 5. The Hall–Kier alpha value is -1.83. The first-order valence-electron chi connectivity index (χ1n) is 6.15. The maximum Gasteiger partial charge on any atom is 0.326 e. The number of carbonyl (C=O) groups is 3. The molecule has 1 aliphatic heterocycles. The summed E-state index contributed by atoms with van der Waals surface area (Å²) in [5.41, 5.74) is 4.96. The third kappa shape index (κ3) is 5.56. The molecule has 0 aliphatic carbocycles. The van der Waals surface area contributed by atoms with Gasteiger partial charge in [-0.2, -0.15) is 0 Å². The lowest BCUT2D eigenvalue weighted by molar-refractivity contribution is -0.139. The van der Waals surface area contributed by atoms with Crippen molar-refractivity contribution in [3.63, 3.8) is 0 Å². The molecular weight excluding hydrogens is 254 g/mol. The highest BCUT2D eigenvalue weighted by molar-refractivity contribution is 5.83. The standard InChI is InChI=1S/C11H19N3O5/c12-9(15)3-2-8(10(16)17)13-11(18)14-4-1-6-19-7-5-14/h8H,1-7H2,(H2,12,15)(H,13,18)(H,16,17)/t8-/m0/s1. The number of nitrogens with one attached hydrogen (secondary N) is 1. The van der Waals surface area contributed by atoms with E-state index in [9.17, 15) is 14.4 Å². The smallest absolute Gasteiger partial charge is 0.326 e. The molecule has 0 bridgehead atoms. The predicted molar refractivity (Wildman–Crippen MR) is 65.4 cm³/mol. The number of hydrogen-bond donors (Lipinski definition) is 3. The molecular formula is C11H19N3O5. The molecule has 1 rings (SSSR count). The molecule has 0 aromatic rings. The van der Waals surface area contributed by atoms with Crippen LogP contribution in [0.2, 0.25) is 0 Å². The minimum atomic E-state index is -1.18. The Balaban J connectivity index is 2.49. The molecule has 1 aliphatic rings. The van der Waals surface area contributed by atoms with Crippen LogP contribution in [-0.2, 0) is 14.3 Å². The molecule has 0 aromatic heterocycles. The summed E-state index contributed by atoms with van der Waals surface area (Å²) >= 11 is 0. The summed E-state index contributed by atoms with van der Waals surface area (Å²) in [6.07, 6.45) is 0.619. The van der Waals surface area contributed by atoms with Gasteiger partial charge in [0, 0.05) is 26.1 Å². The van der Waals surface area contributed by atoms with Crippen LogP contribution in [0, 0.1) is 0 Å². The van der Waals surface area contributed by atoms with Crippen molar-refractivity contribution >= 4 is 17.9 Å². The lowest BCUT2D eigenvalue weighted by atomic mass is 10.1. The molecule has 0 saturated carbocycles. The van der Waals surface area contributed by atoms with Crippen molar-refractivity contribution in [3.8, 4) is 0 Å². The highest BCUT2D eigenvalue weighted by Gasteiger charge is 2.24. The van der Waals surface area contributed by atoms with E-state index in [0.717, 1.165) is 0 Å². The Labute approximate surface area is 110 Å². The zero-order valence-electron chi connectivity index (χ0n) is 10.6. The molecule has 1 saturated heterocycles. The summed E-state index contributed by atoms with van der Waals surface area (Å²) in [6.45, 7) is 1.97. The van der Waals surface area contributed by atoms with E-state index in [2.05, 4.69) is 5.32 Å². The van der Waals surface area contributed by atoms with Gasteiger partial charge in [0.2, 0.25) is 5.91 Å². The van der Waals surface area contributed by atoms with Gasteiger partial charge in [0.25, 0.3) is 0 Å². The number of urea groups is 1. The lowest BCUT2D eigenvalue weighted by Gasteiger charge is -2.23. The van der Waals surface area contributed by atoms with Crippen molar-refractivity contribution in [2.24, 2.45) is 5.73 Å². The molecule has 1 fully saturated rings. The largest absolute Gasteiger partial charge is 0.480 e. The highest BCUT2D eigenvalue weighted by Crippen LogP contribution is 2.03. The van der Waals surface area contributed by atoms with Crippen LogP contribution in [0.1, 0.15) is 19.3 Å². The molecule has 0 radical (unpaired) electrons. The molecule has 0 aromatic carbocycles. The van der Waals surface area contributed by atoms with E-state index in [1.165, 1.54) is 4.90 Å². The van der Waals surface area contributed by atoms with Crippen LogP contribution in [0.3, 0.4) is 0 Å². The van der Waals surface area contributed by atoms with Crippen LogP contribution < -0.4 is 11.1 Å². The molecule has 0 unspecified atom stereocenters. The minimum Gasteiger partial charge on any atom is -0.480 e. The first-order chi connectivity index (χ1) is 9.00. The molecule has 0 spiro atoms. The average molecular weight is 273 g/mol. The van der Waals surface area contributed by atoms with Gasteiger partial charge in [-0.15, -0.1) is 0 Å². The molecule has 4 N–H and O–H groups in total. The molecule has 1 atom stereocenters. The van der Waals surface area contributed by atoms with Gasteiger partial charge < -0.3 is 25.8 Å². The Morgan fingerprint density at radius 1 is 1.32 bits per heavy atom. The van der Waals surface area contributed by atoms with Gasteiger partial charge in [0.1, 0.15) is 6.04 Å². The second kappa shape index (κ2) is 7.57. The van der Waals surface area contributed by atoms with Crippen molar-refractivity contribution in [1.82, 2.24) is 10.2 Å². The summed E-state index contributed by atoms with van der Waals surface area (Å²) in [5, 5.41) is 11.4. The monoisotopic (exact) mass is 273 g/mol. The summed E-state index contributed by atoms with van der Waals surface area (Å²) in [5.74, 6) is -1.77. The van der Waals surface area contributed by atoms with Gasteiger partial charge in [-0.05, 0) is 12.8 Å².